The van der Waals surface area contributed by atoms with Crippen molar-refractivity contribution in [3.8, 4) is 0 Å². The second kappa shape index (κ2) is 5.44. The number of hydrogen-bond donors (Lipinski definition) is 0. The van der Waals surface area contributed by atoms with Gasteiger partial charge in [-0.3, -0.25) is 9.59 Å². The molecule has 0 aromatic heterocycles. The molecule has 1 aromatic carbocycles. The molecule has 3 fully saturated rings. The molecule has 1 saturated carbocycles. The van der Waals surface area contributed by atoms with Gasteiger partial charge < -0.3 is 14.5 Å². The molecule has 1 aliphatic carbocycles. The van der Waals surface area contributed by atoms with E-state index in [0.29, 0.717) is 44.7 Å². The SMILES string of the molecule is CC1(C)[C@@]2(C)CC[C@]1(C(=O)N1CCN(c3ccccc3F)CC1)OC2=O. The molecular weight excluding hydrogens is 335 g/mol. The first kappa shape index (κ1) is 17.3. The van der Waals surface area contributed by atoms with Gasteiger partial charge in [-0.25, -0.2) is 4.39 Å². The van der Waals surface area contributed by atoms with Gasteiger partial charge in [0.15, 0.2) is 5.60 Å². The molecule has 2 saturated heterocycles. The third-order valence-corrected chi connectivity index (χ3v) is 7.19. The van der Waals surface area contributed by atoms with Crippen LogP contribution in [0.15, 0.2) is 24.3 Å². The Kier molecular flexibility index (Phi) is 3.62. The number of piperazine rings is 1. The number of ether oxygens (including phenoxy) is 1. The Morgan fingerprint density at radius 2 is 1.73 bits per heavy atom. The van der Waals surface area contributed by atoms with E-state index in [4.69, 9.17) is 4.74 Å². The van der Waals surface area contributed by atoms with E-state index in [9.17, 15) is 14.0 Å². The molecule has 6 heteroatoms. The number of para-hydroxylation sites is 1. The van der Waals surface area contributed by atoms with E-state index < -0.39 is 16.4 Å². The van der Waals surface area contributed by atoms with Gasteiger partial charge in [0.25, 0.3) is 5.91 Å². The van der Waals surface area contributed by atoms with Crippen LogP contribution in [0.1, 0.15) is 33.6 Å². The Morgan fingerprint density at radius 3 is 2.27 bits per heavy atom. The van der Waals surface area contributed by atoms with Gasteiger partial charge in [0.1, 0.15) is 5.82 Å². The number of carbonyl (C=O) groups is 2. The first-order valence-corrected chi connectivity index (χ1v) is 9.25. The number of esters is 1. The van der Waals surface area contributed by atoms with Crippen molar-refractivity contribution in [1.82, 2.24) is 4.90 Å². The molecule has 1 amide bonds. The molecule has 4 rings (SSSR count). The summed E-state index contributed by atoms with van der Waals surface area (Å²) < 4.78 is 19.7. The van der Waals surface area contributed by atoms with Crippen molar-refractivity contribution in [2.45, 2.75) is 39.2 Å². The van der Waals surface area contributed by atoms with Crippen molar-refractivity contribution >= 4 is 17.6 Å². The van der Waals surface area contributed by atoms with Crippen LogP contribution in [0.25, 0.3) is 0 Å². The smallest absolute Gasteiger partial charge is 0.313 e. The zero-order valence-corrected chi connectivity index (χ0v) is 15.5. The summed E-state index contributed by atoms with van der Waals surface area (Å²) in [5.74, 6) is -0.597. The van der Waals surface area contributed by atoms with E-state index in [-0.39, 0.29) is 17.7 Å². The molecule has 0 N–H and O–H groups in total. The van der Waals surface area contributed by atoms with Gasteiger partial charge in [-0.1, -0.05) is 26.0 Å². The van der Waals surface area contributed by atoms with Crippen molar-refractivity contribution in [3.05, 3.63) is 30.1 Å². The standard InChI is InChI=1S/C20H25FN2O3/c1-18(2)19(3)8-9-20(18,26-17(19)25)16(24)23-12-10-22(11-13-23)15-7-5-4-6-14(15)21/h4-7H,8-13H2,1-3H3/t19-,20+/m0/s1. The van der Waals surface area contributed by atoms with Crippen LogP contribution in [0.5, 0.6) is 0 Å². The number of fused-ring (bicyclic) bond motifs is 2. The zero-order valence-electron chi connectivity index (χ0n) is 15.5. The molecule has 0 radical (unpaired) electrons. The van der Waals surface area contributed by atoms with Crippen molar-refractivity contribution in [1.29, 1.82) is 0 Å². The first-order valence-electron chi connectivity index (χ1n) is 9.25. The monoisotopic (exact) mass is 360 g/mol. The van der Waals surface area contributed by atoms with Gasteiger partial charge in [-0.15, -0.1) is 0 Å². The van der Waals surface area contributed by atoms with Crippen LogP contribution in [0.3, 0.4) is 0 Å². The second-order valence-corrected chi connectivity index (χ2v) is 8.40. The van der Waals surface area contributed by atoms with Crippen molar-refractivity contribution < 1.29 is 18.7 Å². The van der Waals surface area contributed by atoms with Crippen LogP contribution in [0.2, 0.25) is 0 Å². The Balaban J connectivity index is 1.51. The van der Waals surface area contributed by atoms with E-state index >= 15 is 0 Å². The number of hydrogen-bond acceptors (Lipinski definition) is 4. The molecule has 3 aliphatic rings. The fraction of sp³-hybridized carbons (Fsp3) is 0.600. The third-order valence-electron chi connectivity index (χ3n) is 7.19. The number of amides is 1. The van der Waals surface area contributed by atoms with Gasteiger partial charge in [-0.2, -0.15) is 0 Å². The minimum atomic E-state index is -1.06. The first-order chi connectivity index (χ1) is 12.2. The topological polar surface area (TPSA) is 49.9 Å². The lowest BCUT2D eigenvalue weighted by atomic mass is 9.66. The van der Waals surface area contributed by atoms with E-state index in [1.54, 1.807) is 17.0 Å². The van der Waals surface area contributed by atoms with Crippen LogP contribution in [0, 0.1) is 16.6 Å². The van der Waals surface area contributed by atoms with Crippen LogP contribution in [-0.4, -0.2) is 48.6 Å². The Labute approximate surface area is 153 Å². The second-order valence-electron chi connectivity index (χ2n) is 8.40. The minimum Gasteiger partial charge on any atom is -0.448 e. The van der Waals surface area contributed by atoms with Crippen LogP contribution in [-0.2, 0) is 14.3 Å². The Bertz CT molecular complexity index is 772. The molecule has 26 heavy (non-hydrogen) atoms. The Morgan fingerprint density at radius 1 is 1.08 bits per heavy atom. The minimum absolute atomic E-state index is 0.0924. The average Bonchev–Trinajstić information content (AvgIpc) is 2.92. The molecule has 2 bridgehead atoms. The van der Waals surface area contributed by atoms with Gasteiger partial charge in [0, 0.05) is 31.6 Å². The van der Waals surface area contributed by atoms with Gasteiger partial charge in [-0.05, 0) is 31.9 Å². The lowest BCUT2D eigenvalue weighted by Crippen LogP contribution is -2.59. The number of benzene rings is 1. The summed E-state index contributed by atoms with van der Waals surface area (Å²) in [5.41, 5.74) is -1.62. The largest absolute Gasteiger partial charge is 0.448 e. The van der Waals surface area contributed by atoms with Crippen LogP contribution < -0.4 is 4.90 Å². The summed E-state index contributed by atoms with van der Waals surface area (Å²) in [6.45, 7) is 7.98. The predicted molar refractivity (Wildman–Crippen MR) is 95.1 cm³/mol. The molecule has 2 atom stereocenters. The quantitative estimate of drug-likeness (QED) is 0.761. The molecule has 1 aromatic rings. The normalized spacial score (nSPS) is 32.7. The lowest BCUT2D eigenvalue weighted by Gasteiger charge is -2.42. The molecule has 140 valence electrons. The summed E-state index contributed by atoms with van der Waals surface area (Å²) in [4.78, 5) is 29.5. The highest BCUT2D eigenvalue weighted by Gasteiger charge is 2.76. The maximum atomic E-state index is 14.0. The summed E-state index contributed by atoms with van der Waals surface area (Å²) >= 11 is 0. The van der Waals surface area contributed by atoms with Crippen molar-refractivity contribution in [2.24, 2.45) is 10.8 Å². The van der Waals surface area contributed by atoms with Gasteiger partial charge in [0.2, 0.25) is 0 Å². The average molecular weight is 360 g/mol. The van der Waals surface area contributed by atoms with E-state index in [1.807, 2.05) is 31.7 Å². The van der Waals surface area contributed by atoms with Crippen LogP contribution in [0.4, 0.5) is 10.1 Å². The molecule has 2 aliphatic heterocycles. The molecular formula is C20H25FN2O3. The van der Waals surface area contributed by atoms with Crippen molar-refractivity contribution in [3.63, 3.8) is 0 Å². The summed E-state index contributed by atoms with van der Waals surface area (Å²) in [6, 6.07) is 6.70. The number of halogens is 1. The fourth-order valence-corrected chi connectivity index (χ4v) is 4.84. The number of rotatable bonds is 2. The fourth-order valence-electron chi connectivity index (χ4n) is 4.84. The molecule has 5 nitrogen and oxygen atoms in total. The highest BCUT2D eigenvalue weighted by molar-refractivity contribution is 5.96. The highest BCUT2D eigenvalue weighted by atomic mass is 19.1. The lowest BCUT2D eigenvalue weighted by molar-refractivity contribution is -0.174. The predicted octanol–water partition coefficient (Wildman–Crippen LogP) is 2.60. The third kappa shape index (κ3) is 2.01. The molecule has 2 heterocycles. The maximum Gasteiger partial charge on any atom is 0.313 e. The van der Waals surface area contributed by atoms with E-state index in [1.165, 1.54) is 6.07 Å². The number of nitrogens with zero attached hydrogens (tertiary/aromatic N) is 2. The van der Waals surface area contributed by atoms with Crippen molar-refractivity contribution in [2.75, 3.05) is 31.1 Å². The van der Waals surface area contributed by atoms with Gasteiger partial charge >= 0.3 is 5.97 Å². The van der Waals surface area contributed by atoms with Crippen LogP contribution >= 0.6 is 0 Å². The molecule has 0 unspecified atom stereocenters. The Hall–Kier alpha value is -2.11. The maximum absolute atomic E-state index is 14.0. The highest BCUT2D eigenvalue weighted by Crippen LogP contribution is 2.65. The number of anilines is 1. The summed E-state index contributed by atoms with van der Waals surface area (Å²) in [5, 5.41) is 0. The van der Waals surface area contributed by atoms with E-state index in [2.05, 4.69) is 0 Å². The number of carbonyl (C=O) groups excluding carboxylic acids is 2. The zero-order chi connectivity index (χ0) is 18.7. The molecule has 0 spiro atoms. The van der Waals surface area contributed by atoms with Gasteiger partial charge in [0.05, 0.1) is 11.1 Å². The summed E-state index contributed by atoms with van der Waals surface area (Å²) in [6.07, 6.45) is 1.26. The summed E-state index contributed by atoms with van der Waals surface area (Å²) in [7, 11) is 0. The van der Waals surface area contributed by atoms with E-state index in [0.717, 1.165) is 0 Å².